The van der Waals surface area contributed by atoms with Gasteiger partial charge < -0.3 is 10.4 Å². The van der Waals surface area contributed by atoms with Crippen LogP contribution < -0.4 is 5.32 Å². The van der Waals surface area contributed by atoms with E-state index in [0.29, 0.717) is 0 Å². The zero-order valence-corrected chi connectivity index (χ0v) is 10.7. The van der Waals surface area contributed by atoms with Crippen LogP contribution in [0.5, 0.6) is 0 Å². The van der Waals surface area contributed by atoms with Crippen molar-refractivity contribution in [2.24, 2.45) is 0 Å². The predicted molar refractivity (Wildman–Crippen MR) is 67.3 cm³/mol. The average molecular weight is 305 g/mol. The molecule has 2 nitrogen and oxygen atoms in total. The lowest BCUT2D eigenvalue weighted by atomic mass is 10.1. The van der Waals surface area contributed by atoms with Crippen molar-refractivity contribution in [3.05, 3.63) is 33.4 Å². The minimum Gasteiger partial charge on any atom is -0.395 e. The summed E-state index contributed by atoms with van der Waals surface area (Å²) in [4.78, 5) is 0. The Morgan fingerprint density at radius 2 is 1.86 bits per heavy atom. The molecule has 0 saturated heterocycles. The van der Waals surface area contributed by atoms with Crippen LogP contribution in [0.1, 0.15) is 25.5 Å². The molecule has 0 saturated carbocycles. The number of hydrogen-bond acceptors (Lipinski definition) is 2. The van der Waals surface area contributed by atoms with Gasteiger partial charge in [-0.05, 0) is 54.1 Å². The summed E-state index contributed by atoms with van der Waals surface area (Å²) in [7, 11) is 0. The largest absolute Gasteiger partial charge is 0.395 e. The molecule has 78 valence electrons. The highest BCUT2D eigenvalue weighted by Crippen LogP contribution is 2.14. The fourth-order valence-corrected chi connectivity index (χ4v) is 1.69. The number of aliphatic hydroxyl groups is 1. The molecule has 0 aliphatic carbocycles. The third-order valence-corrected chi connectivity index (χ3v) is 2.90. The Hall–Kier alpha value is -0.130. The van der Waals surface area contributed by atoms with E-state index in [1.807, 2.05) is 6.92 Å². The van der Waals surface area contributed by atoms with E-state index in [4.69, 9.17) is 5.11 Å². The topological polar surface area (TPSA) is 32.3 Å². The van der Waals surface area contributed by atoms with E-state index in [9.17, 15) is 0 Å². The average Bonchev–Trinajstić information content (AvgIpc) is 2.18. The van der Waals surface area contributed by atoms with Gasteiger partial charge in [-0.1, -0.05) is 12.1 Å². The van der Waals surface area contributed by atoms with E-state index < -0.39 is 0 Å². The molecular weight excluding hydrogens is 289 g/mol. The van der Waals surface area contributed by atoms with Crippen molar-refractivity contribution in [1.29, 1.82) is 0 Å². The summed E-state index contributed by atoms with van der Waals surface area (Å²) in [5.41, 5.74) is 1.26. The van der Waals surface area contributed by atoms with Crippen molar-refractivity contribution >= 4 is 22.6 Å². The van der Waals surface area contributed by atoms with E-state index in [1.165, 1.54) is 9.13 Å². The standard InChI is InChI=1S/C11H16INO/c1-8(7-14)13-9(2)10-3-5-11(12)6-4-10/h3-6,8-9,13-14H,7H2,1-2H3/t8-,9+/m1/s1. The zero-order valence-electron chi connectivity index (χ0n) is 8.50. The summed E-state index contributed by atoms with van der Waals surface area (Å²) in [5.74, 6) is 0. The summed E-state index contributed by atoms with van der Waals surface area (Å²) < 4.78 is 1.24. The first kappa shape index (κ1) is 11.9. The third kappa shape index (κ3) is 3.55. The molecule has 0 fully saturated rings. The SMILES string of the molecule is C[C@H](CO)N[C@@H](C)c1ccc(I)cc1. The predicted octanol–water partition coefficient (Wildman–Crippen LogP) is 2.32. The number of halogens is 1. The normalized spacial score (nSPS) is 15.1. The fourth-order valence-electron chi connectivity index (χ4n) is 1.33. The van der Waals surface area contributed by atoms with Crippen LogP contribution >= 0.6 is 22.6 Å². The van der Waals surface area contributed by atoms with Crippen molar-refractivity contribution in [3.63, 3.8) is 0 Å². The molecule has 0 heterocycles. The van der Waals surface area contributed by atoms with Crippen LogP contribution in [-0.4, -0.2) is 17.8 Å². The summed E-state index contributed by atoms with van der Waals surface area (Å²) in [6.07, 6.45) is 0. The Labute approximate surface area is 98.9 Å². The van der Waals surface area contributed by atoms with Crippen molar-refractivity contribution in [3.8, 4) is 0 Å². The monoisotopic (exact) mass is 305 g/mol. The summed E-state index contributed by atoms with van der Waals surface area (Å²) in [6, 6.07) is 8.85. The molecule has 0 unspecified atom stereocenters. The highest BCUT2D eigenvalue weighted by molar-refractivity contribution is 14.1. The number of nitrogens with one attached hydrogen (secondary N) is 1. The van der Waals surface area contributed by atoms with Crippen LogP contribution in [0, 0.1) is 3.57 Å². The molecule has 3 heteroatoms. The maximum Gasteiger partial charge on any atom is 0.0582 e. The molecule has 0 amide bonds. The first-order chi connectivity index (χ1) is 6.63. The van der Waals surface area contributed by atoms with Gasteiger partial charge in [0.25, 0.3) is 0 Å². The van der Waals surface area contributed by atoms with Gasteiger partial charge in [0.15, 0.2) is 0 Å². The Bertz CT molecular complexity index is 273. The molecule has 0 aliphatic rings. The Morgan fingerprint density at radius 3 is 2.36 bits per heavy atom. The van der Waals surface area contributed by atoms with Gasteiger partial charge in [0.1, 0.15) is 0 Å². The molecule has 2 atom stereocenters. The number of aliphatic hydroxyl groups excluding tert-OH is 1. The van der Waals surface area contributed by atoms with Crippen LogP contribution in [-0.2, 0) is 0 Å². The van der Waals surface area contributed by atoms with E-state index in [-0.39, 0.29) is 18.7 Å². The first-order valence-corrected chi connectivity index (χ1v) is 5.83. The molecule has 14 heavy (non-hydrogen) atoms. The lowest BCUT2D eigenvalue weighted by Gasteiger charge is -2.18. The minimum absolute atomic E-state index is 0.143. The minimum atomic E-state index is 0.143. The second-order valence-electron chi connectivity index (χ2n) is 3.52. The maximum atomic E-state index is 8.91. The Morgan fingerprint density at radius 1 is 1.29 bits per heavy atom. The fraction of sp³-hybridized carbons (Fsp3) is 0.455. The van der Waals surface area contributed by atoms with Crippen LogP contribution in [0.25, 0.3) is 0 Å². The van der Waals surface area contributed by atoms with Crippen molar-refractivity contribution in [1.82, 2.24) is 5.32 Å². The first-order valence-electron chi connectivity index (χ1n) is 4.76. The van der Waals surface area contributed by atoms with E-state index in [0.717, 1.165) is 0 Å². The quantitative estimate of drug-likeness (QED) is 0.837. The van der Waals surface area contributed by atoms with Gasteiger partial charge in [-0.25, -0.2) is 0 Å². The molecule has 0 bridgehead atoms. The maximum absolute atomic E-state index is 8.91. The van der Waals surface area contributed by atoms with Gasteiger partial charge in [-0.2, -0.15) is 0 Å². The van der Waals surface area contributed by atoms with Gasteiger partial charge in [-0.3, -0.25) is 0 Å². The van der Waals surface area contributed by atoms with Gasteiger partial charge in [-0.15, -0.1) is 0 Å². The van der Waals surface area contributed by atoms with Crippen LogP contribution in [0.2, 0.25) is 0 Å². The van der Waals surface area contributed by atoms with Gasteiger partial charge >= 0.3 is 0 Å². The highest BCUT2D eigenvalue weighted by Gasteiger charge is 2.07. The highest BCUT2D eigenvalue weighted by atomic mass is 127. The summed E-state index contributed by atoms with van der Waals surface area (Å²) in [6.45, 7) is 4.26. The molecule has 2 N–H and O–H groups in total. The van der Waals surface area contributed by atoms with Gasteiger partial charge in [0.2, 0.25) is 0 Å². The third-order valence-electron chi connectivity index (χ3n) is 2.18. The number of hydrogen-bond donors (Lipinski definition) is 2. The van der Waals surface area contributed by atoms with E-state index in [1.54, 1.807) is 0 Å². The van der Waals surface area contributed by atoms with Crippen LogP contribution in [0.4, 0.5) is 0 Å². The molecular formula is C11H16INO. The van der Waals surface area contributed by atoms with Crippen LogP contribution in [0.3, 0.4) is 0 Å². The van der Waals surface area contributed by atoms with E-state index >= 15 is 0 Å². The lowest BCUT2D eigenvalue weighted by Crippen LogP contribution is -2.31. The van der Waals surface area contributed by atoms with Crippen LogP contribution in [0.15, 0.2) is 24.3 Å². The second kappa shape index (κ2) is 5.68. The molecule has 0 radical (unpaired) electrons. The molecule has 1 rings (SSSR count). The van der Waals surface area contributed by atoms with Crippen molar-refractivity contribution < 1.29 is 5.11 Å². The van der Waals surface area contributed by atoms with Gasteiger partial charge in [0.05, 0.1) is 6.61 Å². The molecule has 0 aromatic heterocycles. The summed E-state index contributed by atoms with van der Waals surface area (Å²) >= 11 is 2.29. The van der Waals surface area contributed by atoms with Crippen molar-refractivity contribution in [2.45, 2.75) is 25.9 Å². The van der Waals surface area contributed by atoms with Gasteiger partial charge in [0, 0.05) is 15.7 Å². The van der Waals surface area contributed by atoms with Crippen molar-refractivity contribution in [2.75, 3.05) is 6.61 Å². The smallest absolute Gasteiger partial charge is 0.0582 e. The molecule has 0 aliphatic heterocycles. The number of rotatable bonds is 4. The lowest BCUT2D eigenvalue weighted by molar-refractivity contribution is 0.243. The zero-order chi connectivity index (χ0) is 10.6. The molecule has 1 aromatic rings. The molecule has 1 aromatic carbocycles. The molecule has 0 spiro atoms. The van der Waals surface area contributed by atoms with E-state index in [2.05, 4.69) is 59.1 Å². The Kier molecular flexibility index (Phi) is 4.84. The second-order valence-corrected chi connectivity index (χ2v) is 4.77. The Balaban J connectivity index is 2.60. The number of benzene rings is 1. The summed E-state index contributed by atoms with van der Waals surface area (Å²) in [5, 5.41) is 12.2.